The van der Waals surface area contributed by atoms with Crippen LogP contribution < -0.4 is 4.48 Å². The summed E-state index contributed by atoms with van der Waals surface area (Å²) >= 11 is 0. The Morgan fingerprint density at radius 2 is 0.394 bits per heavy atom. The predicted octanol–water partition coefficient (Wildman–Crippen LogP) is 25.5. The summed E-state index contributed by atoms with van der Waals surface area (Å²) in [5.74, 6) is 0. The standard InChI is InChI=1S/C70H136N/c1-5-9-13-17-21-25-29-33-37-41-45-49-53-57-63-69-64-58-59-65-70(69)71(66-60-54-50-46-42-38-34-30-26-22-18-14-10-6-2,67-61-55-51-47-43-39-35-31-27-23-19-15-11-7-3)68-62-56-52-48-44-40-36-32-28-24-20-16-12-8-4/h58-59,64-65H,5-57,60-63,66-68H2,1-4H3/q+1. The highest BCUT2D eigenvalue weighted by Gasteiger charge is 2.31. The van der Waals surface area contributed by atoms with E-state index in [0.29, 0.717) is 0 Å². The third-order valence-corrected chi connectivity index (χ3v) is 17.1. The van der Waals surface area contributed by atoms with Gasteiger partial charge < -0.3 is 0 Å². The molecular formula is C70H136N+. The van der Waals surface area contributed by atoms with Crippen LogP contribution >= 0.6 is 0 Å². The van der Waals surface area contributed by atoms with Crippen LogP contribution in [0.3, 0.4) is 0 Å². The Balaban J connectivity index is 2.85. The van der Waals surface area contributed by atoms with Gasteiger partial charge in [0, 0.05) is 5.56 Å². The van der Waals surface area contributed by atoms with E-state index in [0.717, 1.165) is 0 Å². The fourth-order valence-electron chi connectivity index (χ4n) is 12.2. The van der Waals surface area contributed by atoms with Crippen LogP contribution in [0.15, 0.2) is 24.3 Å². The minimum absolute atomic E-state index is 1.30. The molecule has 0 aromatic heterocycles. The minimum Gasteiger partial charge on any atom is -0.291 e. The highest BCUT2D eigenvalue weighted by molar-refractivity contribution is 5.51. The molecule has 0 amide bonds. The fraction of sp³-hybridized carbons (Fsp3) is 0.914. The van der Waals surface area contributed by atoms with E-state index in [9.17, 15) is 0 Å². The van der Waals surface area contributed by atoms with Gasteiger partial charge in [-0.3, -0.25) is 4.48 Å². The number of nitrogens with zero attached hydrogens (tertiary/aromatic N) is 1. The van der Waals surface area contributed by atoms with Crippen molar-refractivity contribution in [2.24, 2.45) is 0 Å². The molecule has 0 heterocycles. The average Bonchev–Trinajstić information content (AvgIpc) is 3.39. The summed E-state index contributed by atoms with van der Waals surface area (Å²) in [7, 11) is 0. The van der Waals surface area contributed by atoms with Crippen molar-refractivity contribution in [3.05, 3.63) is 29.8 Å². The van der Waals surface area contributed by atoms with Crippen LogP contribution in [0.2, 0.25) is 0 Å². The molecule has 1 nitrogen and oxygen atoms in total. The molecule has 71 heavy (non-hydrogen) atoms. The van der Waals surface area contributed by atoms with Gasteiger partial charge in [0.1, 0.15) is 5.69 Å². The van der Waals surface area contributed by atoms with Gasteiger partial charge in [-0.25, -0.2) is 0 Å². The van der Waals surface area contributed by atoms with Crippen LogP contribution in [-0.2, 0) is 6.42 Å². The maximum absolute atomic E-state index is 2.64. The molecule has 0 radical (unpaired) electrons. The second-order valence-electron chi connectivity index (χ2n) is 24.1. The molecule has 0 unspecified atom stereocenters. The molecule has 0 N–H and O–H groups in total. The second kappa shape index (κ2) is 56.9. The summed E-state index contributed by atoms with van der Waals surface area (Å²) in [5, 5.41) is 0. The first-order valence-electron chi connectivity index (χ1n) is 34.2. The lowest BCUT2D eigenvalue weighted by molar-refractivity contribution is 0.251. The number of hydrogen-bond acceptors (Lipinski definition) is 0. The molecule has 0 spiro atoms. The quantitative estimate of drug-likeness (QED) is 0.0451. The number of hydrogen-bond donors (Lipinski definition) is 0. The second-order valence-corrected chi connectivity index (χ2v) is 24.1. The van der Waals surface area contributed by atoms with E-state index >= 15 is 0 Å². The lowest BCUT2D eigenvalue weighted by Gasteiger charge is -2.40. The van der Waals surface area contributed by atoms with Crippen LogP contribution in [0, 0.1) is 0 Å². The number of aryl methyl sites for hydroxylation is 1. The van der Waals surface area contributed by atoms with E-state index in [1.165, 1.54) is 390 Å². The van der Waals surface area contributed by atoms with Gasteiger partial charge in [-0.1, -0.05) is 361 Å². The molecule has 0 atom stereocenters. The summed E-state index contributed by atoms with van der Waals surface area (Å²) in [4.78, 5) is 0. The first-order valence-corrected chi connectivity index (χ1v) is 34.2. The molecule has 0 aliphatic rings. The lowest BCUT2D eigenvalue weighted by atomic mass is 9.98. The van der Waals surface area contributed by atoms with Gasteiger partial charge in [0.25, 0.3) is 0 Å². The largest absolute Gasteiger partial charge is 0.291 e. The maximum atomic E-state index is 2.64. The van der Waals surface area contributed by atoms with E-state index in [1.54, 1.807) is 11.3 Å². The monoisotopic (exact) mass is 991 g/mol. The van der Waals surface area contributed by atoms with E-state index in [1.807, 2.05) is 0 Å². The van der Waals surface area contributed by atoms with Crippen molar-refractivity contribution in [2.75, 3.05) is 19.6 Å². The van der Waals surface area contributed by atoms with Gasteiger partial charge >= 0.3 is 0 Å². The van der Waals surface area contributed by atoms with Gasteiger partial charge in [-0.15, -0.1) is 0 Å². The molecule has 0 aliphatic carbocycles. The SMILES string of the molecule is CCCCCCCCCCCCCCCCc1ccccc1[N+](CCCCCCCCCCCCCCCC)(CCCCCCCCCCCCCCCC)CCCCCCCCCCCCCCCC. The molecular weight excluding hydrogens is 855 g/mol. The molecule has 1 aromatic rings. The fourth-order valence-corrected chi connectivity index (χ4v) is 12.2. The number of benzene rings is 1. The molecule has 420 valence electrons. The maximum Gasteiger partial charge on any atom is 0.136 e. The van der Waals surface area contributed by atoms with E-state index in [-0.39, 0.29) is 0 Å². The number of quaternary nitrogens is 1. The van der Waals surface area contributed by atoms with Crippen LogP contribution in [0.5, 0.6) is 0 Å². The molecule has 1 rings (SSSR count). The Kier molecular flexibility index (Phi) is 54.6. The van der Waals surface area contributed by atoms with Crippen LogP contribution in [-0.4, -0.2) is 19.6 Å². The van der Waals surface area contributed by atoms with Crippen LogP contribution in [0.25, 0.3) is 0 Å². The lowest BCUT2D eigenvalue weighted by Crippen LogP contribution is -2.52. The first-order chi connectivity index (χ1) is 35.2. The van der Waals surface area contributed by atoms with Gasteiger partial charge in [0.2, 0.25) is 0 Å². The number of rotatable bonds is 61. The zero-order valence-electron chi connectivity index (χ0n) is 50.2. The third-order valence-electron chi connectivity index (χ3n) is 17.1. The number of para-hydroxylation sites is 1. The van der Waals surface area contributed by atoms with Crippen molar-refractivity contribution in [3.8, 4) is 0 Å². The van der Waals surface area contributed by atoms with Gasteiger partial charge in [0.15, 0.2) is 0 Å². The Hall–Kier alpha value is -0.820. The third kappa shape index (κ3) is 45.1. The summed E-state index contributed by atoms with van der Waals surface area (Å²) in [6, 6.07) is 10.0. The highest BCUT2D eigenvalue weighted by Crippen LogP contribution is 2.33. The van der Waals surface area contributed by atoms with Gasteiger partial charge in [-0.2, -0.15) is 0 Å². The Morgan fingerprint density at radius 1 is 0.211 bits per heavy atom. The normalized spacial score (nSPS) is 11.9. The van der Waals surface area contributed by atoms with Gasteiger partial charge in [-0.05, 0) is 57.4 Å². The van der Waals surface area contributed by atoms with Crippen LogP contribution in [0.4, 0.5) is 5.69 Å². The van der Waals surface area contributed by atoms with E-state index in [4.69, 9.17) is 0 Å². The molecule has 0 saturated heterocycles. The van der Waals surface area contributed by atoms with E-state index in [2.05, 4.69) is 52.0 Å². The minimum atomic E-state index is 1.30. The molecule has 0 bridgehead atoms. The average molecular weight is 992 g/mol. The topological polar surface area (TPSA) is 0 Å². The molecule has 0 saturated carbocycles. The number of unbranched alkanes of at least 4 members (excludes halogenated alkanes) is 52. The highest BCUT2D eigenvalue weighted by atomic mass is 15.4. The zero-order chi connectivity index (χ0) is 50.9. The van der Waals surface area contributed by atoms with Crippen molar-refractivity contribution >= 4 is 5.69 Å². The van der Waals surface area contributed by atoms with Crippen molar-refractivity contribution in [3.63, 3.8) is 0 Å². The Morgan fingerprint density at radius 3 is 0.620 bits per heavy atom. The molecule has 1 aromatic carbocycles. The molecule has 1 heteroatoms. The van der Waals surface area contributed by atoms with E-state index < -0.39 is 0 Å². The molecule has 0 aliphatic heterocycles. The summed E-state index contributed by atoms with van der Waals surface area (Å²) in [5.41, 5.74) is 3.47. The Labute approximate surface area is 451 Å². The summed E-state index contributed by atoms with van der Waals surface area (Å²) in [6.45, 7) is 13.5. The van der Waals surface area contributed by atoms with Crippen LogP contribution in [0.1, 0.15) is 393 Å². The molecule has 0 fully saturated rings. The van der Waals surface area contributed by atoms with Crippen molar-refractivity contribution in [1.29, 1.82) is 0 Å². The summed E-state index contributed by atoms with van der Waals surface area (Å²) < 4.78 is 1.30. The predicted molar refractivity (Wildman–Crippen MR) is 328 cm³/mol. The van der Waals surface area contributed by atoms with Crippen molar-refractivity contribution in [2.45, 2.75) is 394 Å². The van der Waals surface area contributed by atoms with Crippen molar-refractivity contribution < 1.29 is 0 Å². The van der Waals surface area contributed by atoms with Gasteiger partial charge in [0.05, 0.1) is 19.6 Å². The zero-order valence-corrected chi connectivity index (χ0v) is 50.2. The smallest absolute Gasteiger partial charge is 0.136 e. The summed E-state index contributed by atoms with van der Waals surface area (Å²) in [6.07, 6.45) is 82.6. The Bertz CT molecular complexity index is 1040. The first kappa shape index (κ1) is 68.2. The van der Waals surface area contributed by atoms with Crippen molar-refractivity contribution in [1.82, 2.24) is 4.48 Å².